The number of nitro benzene ring substituents is 1. The topological polar surface area (TPSA) is 106 Å². The van der Waals surface area contributed by atoms with Gasteiger partial charge in [0.2, 0.25) is 0 Å². The third kappa shape index (κ3) is 4.19. The fraction of sp³-hybridized carbons (Fsp3) is 0. The SMILES string of the molecule is O=C(Nc1ccc([N+](=O)[O-])cc1Cl)c1cccc(S(=O)(=O)Cl)c1. The van der Waals surface area contributed by atoms with Crippen LogP contribution in [-0.4, -0.2) is 19.2 Å². The Morgan fingerprint density at radius 2 is 1.87 bits per heavy atom. The average molecular weight is 375 g/mol. The maximum Gasteiger partial charge on any atom is 0.271 e. The molecule has 120 valence electrons. The van der Waals surface area contributed by atoms with Crippen LogP contribution in [0.2, 0.25) is 5.02 Å². The Labute approximate surface area is 140 Å². The Kier molecular flexibility index (Phi) is 4.88. The second-order valence-corrected chi connectivity index (χ2v) is 7.31. The van der Waals surface area contributed by atoms with Gasteiger partial charge in [0.15, 0.2) is 0 Å². The van der Waals surface area contributed by atoms with Crippen molar-refractivity contribution >= 4 is 48.6 Å². The lowest BCUT2D eigenvalue weighted by molar-refractivity contribution is -0.384. The minimum absolute atomic E-state index is 0.0198. The number of amides is 1. The second kappa shape index (κ2) is 6.53. The van der Waals surface area contributed by atoms with Crippen molar-refractivity contribution in [3.8, 4) is 0 Å². The number of carbonyl (C=O) groups is 1. The predicted octanol–water partition coefficient (Wildman–Crippen LogP) is 3.43. The van der Waals surface area contributed by atoms with E-state index < -0.39 is 19.9 Å². The van der Waals surface area contributed by atoms with E-state index in [-0.39, 0.29) is 26.9 Å². The molecule has 0 saturated carbocycles. The number of nitrogens with one attached hydrogen (secondary N) is 1. The van der Waals surface area contributed by atoms with E-state index in [0.717, 1.165) is 12.1 Å². The zero-order chi connectivity index (χ0) is 17.2. The maximum absolute atomic E-state index is 12.1. The van der Waals surface area contributed by atoms with Crippen LogP contribution in [-0.2, 0) is 9.05 Å². The molecule has 0 radical (unpaired) electrons. The van der Waals surface area contributed by atoms with E-state index in [4.69, 9.17) is 22.3 Å². The highest BCUT2D eigenvalue weighted by atomic mass is 35.7. The molecule has 0 aliphatic carbocycles. The molecular formula is C13H8Cl2N2O5S. The predicted molar refractivity (Wildman–Crippen MR) is 85.5 cm³/mol. The molecule has 2 aromatic carbocycles. The Hall–Kier alpha value is -2.16. The second-order valence-electron chi connectivity index (χ2n) is 4.34. The molecular weight excluding hydrogens is 367 g/mol. The van der Waals surface area contributed by atoms with Crippen LogP contribution >= 0.6 is 22.3 Å². The van der Waals surface area contributed by atoms with Crippen LogP contribution < -0.4 is 5.32 Å². The minimum atomic E-state index is -3.96. The molecule has 0 bridgehead atoms. The lowest BCUT2D eigenvalue weighted by Crippen LogP contribution is -2.12. The summed E-state index contributed by atoms with van der Waals surface area (Å²) in [6, 6.07) is 8.66. The van der Waals surface area contributed by atoms with E-state index >= 15 is 0 Å². The molecule has 0 spiro atoms. The molecule has 0 unspecified atom stereocenters. The molecule has 0 aromatic heterocycles. The van der Waals surface area contributed by atoms with E-state index in [1.165, 1.54) is 30.3 Å². The number of non-ortho nitro benzene ring substituents is 1. The number of anilines is 1. The molecule has 7 nitrogen and oxygen atoms in total. The lowest BCUT2D eigenvalue weighted by atomic mass is 10.2. The summed E-state index contributed by atoms with van der Waals surface area (Å²) in [5.74, 6) is -0.636. The van der Waals surface area contributed by atoms with Crippen LogP contribution in [0.3, 0.4) is 0 Å². The van der Waals surface area contributed by atoms with Gasteiger partial charge in [0, 0.05) is 28.4 Å². The van der Waals surface area contributed by atoms with Crippen LogP contribution in [0.1, 0.15) is 10.4 Å². The number of carbonyl (C=O) groups excluding carboxylic acids is 1. The van der Waals surface area contributed by atoms with Gasteiger partial charge in [-0.1, -0.05) is 17.7 Å². The highest BCUT2D eigenvalue weighted by Crippen LogP contribution is 2.27. The molecule has 10 heteroatoms. The fourth-order valence-electron chi connectivity index (χ4n) is 1.70. The van der Waals surface area contributed by atoms with Gasteiger partial charge in [-0.25, -0.2) is 8.42 Å². The van der Waals surface area contributed by atoms with Crippen LogP contribution in [0.25, 0.3) is 0 Å². The van der Waals surface area contributed by atoms with E-state index in [0.29, 0.717) is 0 Å². The average Bonchev–Trinajstić information content (AvgIpc) is 2.48. The van der Waals surface area contributed by atoms with Crippen LogP contribution in [0.15, 0.2) is 47.4 Å². The summed E-state index contributed by atoms with van der Waals surface area (Å²) in [5, 5.41) is 13.0. The molecule has 23 heavy (non-hydrogen) atoms. The largest absolute Gasteiger partial charge is 0.321 e. The van der Waals surface area contributed by atoms with E-state index in [1.54, 1.807) is 0 Å². The van der Waals surface area contributed by atoms with E-state index in [2.05, 4.69) is 5.32 Å². The monoisotopic (exact) mass is 374 g/mol. The molecule has 0 aliphatic heterocycles. The standard InChI is InChI=1S/C13H8Cl2N2O5S/c14-11-7-9(17(19)20)4-5-12(11)16-13(18)8-2-1-3-10(6-8)23(15,21)22/h1-7H,(H,16,18). The minimum Gasteiger partial charge on any atom is -0.321 e. The van der Waals surface area contributed by atoms with Gasteiger partial charge in [0.05, 0.1) is 20.5 Å². The molecule has 2 rings (SSSR count). The van der Waals surface area contributed by atoms with Gasteiger partial charge in [0.1, 0.15) is 0 Å². The summed E-state index contributed by atoms with van der Waals surface area (Å²) in [5.41, 5.74) is -0.0224. The van der Waals surface area contributed by atoms with Gasteiger partial charge in [-0.05, 0) is 24.3 Å². The van der Waals surface area contributed by atoms with Gasteiger partial charge in [-0.2, -0.15) is 0 Å². The zero-order valence-electron chi connectivity index (χ0n) is 11.2. The number of rotatable bonds is 4. The summed E-state index contributed by atoms with van der Waals surface area (Å²) < 4.78 is 22.5. The van der Waals surface area contributed by atoms with E-state index in [1.807, 2.05) is 0 Å². The first kappa shape index (κ1) is 17.2. The summed E-state index contributed by atoms with van der Waals surface area (Å²) in [6.07, 6.45) is 0. The summed E-state index contributed by atoms with van der Waals surface area (Å²) >= 11 is 5.87. The summed E-state index contributed by atoms with van der Waals surface area (Å²) in [4.78, 5) is 21.9. The van der Waals surface area contributed by atoms with Crippen LogP contribution in [0.4, 0.5) is 11.4 Å². The van der Waals surface area contributed by atoms with Gasteiger partial charge in [0.25, 0.3) is 20.6 Å². The quantitative estimate of drug-likeness (QED) is 0.501. The first-order valence-corrected chi connectivity index (χ1v) is 8.67. The Bertz CT molecular complexity index is 899. The van der Waals surface area contributed by atoms with Gasteiger partial charge < -0.3 is 5.32 Å². The smallest absolute Gasteiger partial charge is 0.271 e. The van der Waals surface area contributed by atoms with Crippen molar-refractivity contribution in [3.05, 3.63) is 63.2 Å². The maximum atomic E-state index is 12.1. The third-order valence-electron chi connectivity index (χ3n) is 2.79. The van der Waals surface area contributed by atoms with Gasteiger partial charge in [-0.15, -0.1) is 0 Å². The number of hydrogen-bond donors (Lipinski definition) is 1. The normalized spacial score (nSPS) is 11.0. The number of halogens is 2. The summed E-state index contributed by atoms with van der Waals surface area (Å²) in [7, 11) is 1.26. The molecule has 0 fully saturated rings. The summed E-state index contributed by atoms with van der Waals surface area (Å²) in [6.45, 7) is 0. The van der Waals surface area contributed by atoms with Gasteiger partial charge in [-0.3, -0.25) is 14.9 Å². The lowest BCUT2D eigenvalue weighted by Gasteiger charge is -2.07. The Balaban J connectivity index is 2.28. The zero-order valence-corrected chi connectivity index (χ0v) is 13.5. The van der Waals surface area contributed by atoms with Crippen molar-refractivity contribution in [2.24, 2.45) is 0 Å². The molecule has 1 N–H and O–H groups in total. The fourth-order valence-corrected chi connectivity index (χ4v) is 2.72. The number of nitrogens with zero attached hydrogens (tertiary/aromatic N) is 1. The molecule has 2 aromatic rings. The first-order chi connectivity index (χ1) is 10.7. The van der Waals surface area contributed by atoms with Crippen molar-refractivity contribution in [2.75, 3.05) is 5.32 Å². The Morgan fingerprint density at radius 3 is 2.43 bits per heavy atom. The van der Waals surface area contributed by atoms with E-state index in [9.17, 15) is 23.3 Å². The first-order valence-electron chi connectivity index (χ1n) is 5.98. The molecule has 0 aliphatic rings. The highest BCUT2D eigenvalue weighted by Gasteiger charge is 2.15. The van der Waals surface area contributed by atoms with Crippen LogP contribution in [0, 0.1) is 10.1 Å². The van der Waals surface area contributed by atoms with Crippen molar-refractivity contribution < 1.29 is 18.1 Å². The molecule has 0 saturated heterocycles. The Morgan fingerprint density at radius 1 is 1.17 bits per heavy atom. The van der Waals surface area contributed by atoms with Crippen molar-refractivity contribution in [3.63, 3.8) is 0 Å². The van der Waals surface area contributed by atoms with Gasteiger partial charge >= 0.3 is 0 Å². The molecule has 1 amide bonds. The molecule has 0 atom stereocenters. The third-order valence-corrected chi connectivity index (χ3v) is 4.45. The van der Waals surface area contributed by atoms with Crippen molar-refractivity contribution in [2.45, 2.75) is 4.90 Å². The van der Waals surface area contributed by atoms with Crippen molar-refractivity contribution in [1.29, 1.82) is 0 Å². The molecule has 0 heterocycles. The van der Waals surface area contributed by atoms with Crippen molar-refractivity contribution in [1.82, 2.24) is 0 Å². The number of nitro groups is 1. The number of benzene rings is 2. The highest BCUT2D eigenvalue weighted by molar-refractivity contribution is 8.13. The van der Waals surface area contributed by atoms with Crippen LogP contribution in [0.5, 0.6) is 0 Å². The number of hydrogen-bond acceptors (Lipinski definition) is 5.